The number of aliphatic imine (C=N–C) groups is 2. The summed E-state index contributed by atoms with van der Waals surface area (Å²) in [6.45, 7) is 5.85. The number of allylic oxidation sites excluding steroid dienone is 3. The van der Waals surface area contributed by atoms with Crippen LogP contribution in [0.2, 0.25) is 0 Å². The number of nitrogens with two attached hydrogens (primary N) is 2. The van der Waals surface area contributed by atoms with E-state index in [-0.39, 0.29) is 43.5 Å². The van der Waals surface area contributed by atoms with Crippen LogP contribution >= 0.6 is 0 Å². The lowest BCUT2D eigenvalue weighted by atomic mass is 9.71. The third-order valence-electron chi connectivity index (χ3n) is 8.39. The second-order valence-electron chi connectivity index (χ2n) is 11.2. The van der Waals surface area contributed by atoms with E-state index in [0.717, 1.165) is 42.9 Å². The molecule has 6 N–H and O–H groups in total. The molecule has 1 aliphatic carbocycles. The van der Waals surface area contributed by atoms with Gasteiger partial charge in [0.2, 0.25) is 5.96 Å². The third kappa shape index (κ3) is 5.43. The topological polar surface area (TPSA) is 168 Å². The highest BCUT2D eigenvalue weighted by molar-refractivity contribution is 5.90. The minimum absolute atomic E-state index is 0.0000297. The number of nitrogens with zero attached hydrogens (tertiary/aromatic N) is 4. The molecular formula is C26H38F3N7O5. The zero-order valence-electron chi connectivity index (χ0n) is 23.4. The molecule has 1 fully saturated rings. The molecule has 1 spiro atoms. The standard InChI is InChI=1S/C26H38F3N7O5/c1-4-5-6-7-12-32-23(38)40-14-17-19-25(36(39)22(31)34-19)24(2,3)18(13-35(25)21(30)33-17)41-20(37)15-8-10-16(11-9-15)26(27,28)29/h8,10,17-19,39H,4-7,9,11-14H2,1-3H3,(H2,30,33)(H2,31,34)(H,32,38)/t17-,18-,19?,25?/m0/s1. The van der Waals surface area contributed by atoms with Crippen LogP contribution in [-0.4, -0.2) is 88.9 Å². The van der Waals surface area contributed by atoms with Crippen LogP contribution in [-0.2, 0) is 14.3 Å². The fraction of sp³-hybridized carbons (Fsp3) is 0.692. The summed E-state index contributed by atoms with van der Waals surface area (Å²) in [5.74, 6) is -0.981. The maximum atomic E-state index is 13.0. The van der Waals surface area contributed by atoms with Gasteiger partial charge < -0.3 is 31.2 Å². The Morgan fingerprint density at radius 2 is 1.88 bits per heavy atom. The highest BCUT2D eigenvalue weighted by Gasteiger charge is 2.74. The molecule has 1 saturated heterocycles. The van der Waals surface area contributed by atoms with E-state index in [2.05, 4.69) is 22.2 Å². The quantitative estimate of drug-likeness (QED) is 0.235. The van der Waals surface area contributed by atoms with Crippen molar-refractivity contribution in [3.8, 4) is 0 Å². The summed E-state index contributed by atoms with van der Waals surface area (Å²) in [6.07, 6.45) is -0.461. The molecule has 3 aliphatic heterocycles. The van der Waals surface area contributed by atoms with E-state index in [1.54, 1.807) is 18.7 Å². The van der Waals surface area contributed by atoms with Gasteiger partial charge in [0, 0.05) is 17.7 Å². The highest BCUT2D eigenvalue weighted by atomic mass is 19.4. The Morgan fingerprint density at radius 3 is 2.51 bits per heavy atom. The van der Waals surface area contributed by atoms with Gasteiger partial charge in [-0.15, -0.1) is 0 Å². The van der Waals surface area contributed by atoms with Crippen molar-refractivity contribution < 1.29 is 37.4 Å². The first-order valence-corrected chi connectivity index (χ1v) is 13.8. The lowest BCUT2D eigenvalue weighted by Gasteiger charge is -2.52. The van der Waals surface area contributed by atoms with E-state index in [1.165, 1.54) is 0 Å². The van der Waals surface area contributed by atoms with Crippen molar-refractivity contribution in [1.82, 2.24) is 15.3 Å². The molecule has 0 radical (unpaired) electrons. The summed E-state index contributed by atoms with van der Waals surface area (Å²) in [5.41, 5.74) is 9.26. The van der Waals surface area contributed by atoms with Crippen LogP contribution in [0.4, 0.5) is 18.0 Å². The number of halogens is 3. The second-order valence-corrected chi connectivity index (χ2v) is 11.2. The number of guanidine groups is 2. The zero-order chi connectivity index (χ0) is 30.2. The number of hydroxylamine groups is 2. The normalized spacial score (nSPS) is 28.6. The minimum Gasteiger partial charge on any atom is -0.456 e. The van der Waals surface area contributed by atoms with Crippen LogP contribution in [0.5, 0.6) is 0 Å². The highest BCUT2D eigenvalue weighted by Crippen LogP contribution is 2.55. The summed E-state index contributed by atoms with van der Waals surface area (Å²) in [5, 5.41) is 14.7. The second kappa shape index (κ2) is 11.4. The molecule has 0 aromatic carbocycles. The van der Waals surface area contributed by atoms with Gasteiger partial charge in [0.1, 0.15) is 24.8 Å². The summed E-state index contributed by atoms with van der Waals surface area (Å²) in [7, 11) is 0. The Bertz CT molecular complexity index is 1170. The number of alkyl halides is 3. The smallest absolute Gasteiger partial charge is 0.412 e. The molecule has 1 amide bonds. The number of hydrogen-bond donors (Lipinski definition) is 4. The number of hydrogen-bond acceptors (Lipinski definition) is 11. The Kier molecular flexibility index (Phi) is 8.48. The van der Waals surface area contributed by atoms with Crippen molar-refractivity contribution in [2.24, 2.45) is 26.9 Å². The Balaban J connectivity index is 1.51. The van der Waals surface area contributed by atoms with E-state index in [0.29, 0.717) is 6.54 Å². The van der Waals surface area contributed by atoms with Crippen molar-refractivity contribution in [2.75, 3.05) is 19.7 Å². The molecular weight excluding hydrogens is 547 g/mol. The Hall–Kier alpha value is -3.49. The monoisotopic (exact) mass is 585 g/mol. The minimum atomic E-state index is -4.46. The maximum Gasteiger partial charge on any atom is 0.412 e. The Labute approximate surface area is 236 Å². The van der Waals surface area contributed by atoms with Gasteiger partial charge in [0.25, 0.3) is 0 Å². The predicted molar refractivity (Wildman–Crippen MR) is 142 cm³/mol. The first-order chi connectivity index (χ1) is 19.2. The van der Waals surface area contributed by atoms with Crippen molar-refractivity contribution in [3.63, 3.8) is 0 Å². The van der Waals surface area contributed by atoms with E-state index >= 15 is 0 Å². The molecule has 0 aromatic rings. The van der Waals surface area contributed by atoms with Crippen LogP contribution in [0, 0.1) is 5.41 Å². The average Bonchev–Trinajstić information content (AvgIpc) is 3.32. The van der Waals surface area contributed by atoms with Crippen LogP contribution in [0.1, 0.15) is 59.3 Å². The van der Waals surface area contributed by atoms with Gasteiger partial charge in [-0.05, 0) is 19.3 Å². The van der Waals surface area contributed by atoms with Gasteiger partial charge in [-0.3, -0.25) is 5.21 Å². The molecule has 4 atom stereocenters. The molecule has 4 aliphatic rings. The fourth-order valence-corrected chi connectivity index (χ4v) is 6.08. The lowest BCUT2D eigenvalue weighted by Crippen LogP contribution is -2.74. The van der Waals surface area contributed by atoms with E-state index < -0.39 is 53.1 Å². The van der Waals surface area contributed by atoms with Crippen molar-refractivity contribution >= 4 is 24.0 Å². The molecule has 3 heterocycles. The fourth-order valence-electron chi connectivity index (χ4n) is 6.08. The van der Waals surface area contributed by atoms with Crippen molar-refractivity contribution in [3.05, 3.63) is 23.3 Å². The molecule has 0 bridgehead atoms. The van der Waals surface area contributed by atoms with E-state index in [4.69, 9.17) is 20.9 Å². The summed E-state index contributed by atoms with van der Waals surface area (Å²) in [4.78, 5) is 35.8. The predicted octanol–water partition coefficient (Wildman–Crippen LogP) is 2.54. The molecule has 0 saturated carbocycles. The van der Waals surface area contributed by atoms with Crippen LogP contribution in [0.25, 0.3) is 0 Å². The summed E-state index contributed by atoms with van der Waals surface area (Å²) >= 11 is 0. The van der Waals surface area contributed by atoms with Gasteiger partial charge in [0.15, 0.2) is 11.6 Å². The molecule has 12 nitrogen and oxygen atoms in total. The number of unbranched alkanes of at least 4 members (excludes halogenated alkanes) is 3. The third-order valence-corrected chi connectivity index (χ3v) is 8.39. The molecule has 0 aromatic heterocycles. The molecule has 41 heavy (non-hydrogen) atoms. The van der Waals surface area contributed by atoms with Gasteiger partial charge in [-0.2, -0.15) is 18.2 Å². The maximum absolute atomic E-state index is 13.0. The van der Waals surface area contributed by atoms with Crippen molar-refractivity contribution in [1.29, 1.82) is 0 Å². The number of carbonyl (C=O) groups excluding carboxylic acids is 2. The number of alkyl carbamates (subject to hydrolysis) is 1. The van der Waals surface area contributed by atoms with Crippen LogP contribution in [0.15, 0.2) is 33.3 Å². The lowest BCUT2D eigenvalue weighted by molar-refractivity contribution is -0.200. The molecule has 228 valence electrons. The van der Waals surface area contributed by atoms with E-state index in [9.17, 15) is 28.0 Å². The van der Waals surface area contributed by atoms with Gasteiger partial charge in [0.05, 0.1) is 12.0 Å². The van der Waals surface area contributed by atoms with E-state index in [1.807, 2.05) is 0 Å². The average molecular weight is 586 g/mol. The summed E-state index contributed by atoms with van der Waals surface area (Å²) in [6, 6.07) is -1.67. The summed E-state index contributed by atoms with van der Waals surface area (Å²) < 4.78 is 50.2. The number of nitrogens with one attached hydrogen (secondary N) is 1. The number of carbonyl (C=O) groups is 2. The SMILES string of the molecule is CCCCCCNC(=O)OC[C@@H]1N=C(N)N2C[C@H](OC(=O)C3=CC=C(C(F)(F)F)CC3)C(C)(C)C23C1N=C(N)N3O. The Morgan fingerprint density at radius 1 is 1.15 bits per heavy atom. The van der Waals surface area contributed by atoms with Crippen LogP contribution < -0.4 is 16.8 Å². The molecule has 4 rings (SSSR count). The van der Waals surface area contributed by atoms with Gasteiger partial charge in [-0.1, -0.05) is 52.2 Å². The van der Waals surface area contributed by atoms with Gasteiger partial charge >= 0.3 is 18.2 Å². The number of amides is 1. The first-order valence-electron chi connectivity index (χ1n) is 13.8. The van der Waals surface area contributed by atoms with Gasteiger partial charge in [-0.25, -0.2) is 19.6 Å². The molecule has 2 unspecified atom stereocenters. The molecule has 15 heteroatoms. The largest absolute Gasteiger partial charge is 0.456 e. The number of ether oxygens (including phenoxy) is 2. The van der Waals surface area contributed by atoms with Crippen molar-refractivity contribution in [2.45, 2.75) is 89.3 Å². The zero-order valence-corrected chi connectivity index (χ0v) is 23.4. The first kappa shape index (κ1) is 30.5. The number of esters is 1. The van der Waals surface area contributed by atoms with Crippen LogP contribution in [0.3, 0.4) is 0 Å². The number of rotatable bonds is 9.